The van der Waals surface area contributed by atoms with Gasteiger partial charge < -0.3 is 10.1 Å². The predicted molar refractivity (Wildman–Crippen MR) is 69.9 cm³/mol. The fourth-order valence-electron chi connectivity index (χ4n) is 1.89. The molecule has 1 atom stereocenters. The summed E-state index contributed by atoms with van der Waals surface area (Å²) >= 11 is 0. The van der Waals surface area contributed by atoms with Crippen molar-refractivity contribution < 1.29 is 9.13 Å². The Labute approximate surface area is 103 Å². The van der Waals surface area contributed by atoms with Gasteiger partial charge in [-0.1, -0.05) is 0 Å². The number of hydrogen-bond donors (Lipinski definition) is 1. The molecule has 0 bridgehead atoms. The van der Waals surface area contributed by atoms with Gasteiger partial charge in [-0.25, -0.2) is 4.39 Å². The molecule has 2 nitrogen and oxygen atoms in total. The summed E-state index contributed by atoms with van der Waals surface area (Å²) in [4.78, 5) is 0. The van der Waals surface area contributed by atoms with E-state index in [2.05, 4.69) is 26.1 Å². The molecule has 1 rings (SSSR count). The van der Waals surface area contributed by atoms with Gasteiger partial charge in [0, 0.05) is 18.8 Å². The fraction of sp³-hybridized carbons (Fsp3) is 0.571. The average Bonchev–Trinajstić information content (AvgIpc) is 2.23. The number of aryl methyl sites for hydroxylation is 1. The lowest BCUT2D eigenvalue weighted by Gasteiger charge is -2.27. The summed E-state index contributed by atoms with van der Waals surface area (Å²) in [7, 11) is 1.72. The van der Waals surface area contributed by atoms with E-state index in [1.807, 2.05) is 6.07 Å². The van der Waals surface area contributed by atoms with Crippen molar-refractivity contribution in [2.45, 2.75) is 45.8 Å². The minimum atomic E-state index is -0.166. The van der Waals surface area contributed by atoms with E-state index in [-0.39, 0.29) is 17.5 Å². The number of ether oxygens (including phenoxy) is 1. The normalized spacial score (nSPS) is 13.5. The minimum Gasteiger partial charge on any atom is -0.382 e. The molecule has 1 aromatic rings. The number of hydrogen-bond acceptors (Lipinski definition) is 2. The Morgan fingerprint density at radius 1 is 1.41 bits per heavy atom. The maximum atomic E-state index is 13.1. The molecule has 1 unspecified atom stereocenters. The van der Waals surface area contributed by atoms with Crippen molar-refractivity contribution in [3.63, 3.8) is 0 Å². The van der Waals surface area contributed by atoms with Gasteiger partial charge in [-0.15, -0.1) is 0 Å². The van der Waals surface area contributed by atoms with Crippen molar-refractivity contribution in [1.82, 2.24) is 0 Å². The summed E-state index contributed by atoms with van der Waals surface area (Å²) in [5, 5.41) is 3.35. The van der Waals surface area contributed by atoms with Gasteiger partial charge >= 0.3 is 0 Å². The predicted octanol–water partition coefficient (Wildman–Crippen LogP) is 3.75. The van der Waals surface area contributed by atoms with Crippen LogP contribution in [0, 0.1) is 12.7 Å². The highest BCUT2D eigenvalue weighted by Gasteiger charge is 2.20. The van der Waals surface area contributed by atoms with Crippen LogP contribution in [0.5, 0.6) is 0 Å². The molecule has 0 amide bonds. The highest BCUT2D eigenvalue weighted by atomic mass is 19.1. The maximum Gasteiger partial charge on any atom is 0.126 e. The molecule has 96 valence electrons. The lowest BCUT2D eigenvalue weighted by molar-refractivity contribution is 0.0128. The molecule has 0 saturated heterocycles. The Morgan fingerprint density at radius 3 is 2.59 bits per heavy atom. The first-order valence-electron chi connectivity index (χ1n) is 5.92. The van der Waals surface area contributed by atoms with Gasteiger partial charge in [0.1, 0.15) is 5.82 Å². The van der Waals surface area contributed by atoms with Crippen molar-refractivity contribution in [2.75, 3.05) is 12.4 Å². The van der Waals surface area contributed by atoms with Crippen molar-refractivity contribution in [1.29, 1.82) is 0 Å². The molecule has 0 saturated carbocycles. The highest BCUT2D eigenvalue weighted by molar-refractivity contribution is 5.46. The van der Waals surface area contributed by atoms with E-state index in [0.717, 1.165) is 12.1 Å². The minimum absolute atomic E-state index is 0.151. The quantitative estimate of drug-likeness (QED) is 0.845. The van der Waals surface area contributed by atoms with E-state index in [9.17, 15) is 4.39 Å². The zero-order valence-electron chi connectivity index (χ0n) is 11.3. The number of benzene rings is 1. The molecule has 0 aromatic heterocycles. The smallest absolute Gasteiger partial charge is 0.126 e. The van der Waals surface area contributed by atoms with Gasteiger partial charge in [0.05, 0.1) is 5.60 Å². The molecule has 17 heavy (non-hydrogen) atoms. The molecule has 1 aromatic carbocycles. The third-order valence-electron chi connectivity index (χ3n) is 2.92. The molecule has 0 fully saturated rings. The molecular formula is C14H22FNO. The average molecular weight is 239 g/mol. The Hall–Kier alpha value is -1.09. The number of methoxy groups -OCH3 is 1. The lowest BCUT2D eigenvalue weighted by atomic mass is 9.99. The highest BCUT2D eigenvalue weighted by Crippen LogP contribution is 2.20. The molecule has 0 aliphatic rings. The number of halogens is 1. The van der Waals surface area contributed by atoms with Crippen LogP contribution >= 0.6 is 0 Å². The summed E-state index contributed by atoms with van der Waals surface area (Å²) in [6.45, 7) is 7.98. The van der Waals surface area contributed by atoms with Gasteiger partial charge in [0.2, 0.25) is 0 Å². The fourth-order valence-corrected chi connectivity index (χ4v) is 1.89. The van der Waals surface area contributed by atoms with Crippen molar-refractivity contribution in [3.8, 4) is 0 Å². The molecule has 0 aliphatic carbocycles. The summed E-state index contributed by atoms with van der Waals surface area (Å²) in [5.74, 6) is -0.166. The summed E-state index contributed by atoms with van der Waals surface area (Å²) in [5.41, 5.74) is 1.46. The topological polar surface area (TPSA) is 21.3 Å². The Kier molecular flexibility index (Phi) is 4.52. The monoisotopic (exact) mass is 239 g/mol. The van der Waals surface area contributed by atoms with Gasteiger partial charge in [-0.2, -0.15) is 0 Å². The molecule has 0 aliphatic heterocycles. The van der Waals surface area contributed by atoms with Crippen LogP contribution in [-0.2, 0) is 4.74 Å². The SMILES string of the molecule is COC(C)(C)CC(C)Nc1ccc(F)c(C)c1. The second-order valence-electron chi connectivity index (χ2n) is 5.18. The van der Waals surface area contributed by atoms with E-state index in [1.54, 1.807) is 20.1 Å². The van der Waals surface area contributed by atoms with Crippen LogP contribution in [0.4, 0.5) is 10.1 Å². The Morgan fingerprint density at radius 2 is 2.06 bits per heavy atom. The van der Waals surface area contributed by atoms with E-state index < -0.39 is 0 Å². The molecule has 0 radical (unpaired) electrons. The number of rotatable bonds is 5. The summed E-state index contributed by atoms with van der Waals surface area (Å²) in [6, 6.07) is 5.35. The third kappa shape index (κ3) is 4.35. The van der Waals surface area contributed by atoms with Crippen LogP contribution < -0.4 is 5.32 Å². The van der Waals surface area contributed by atoms with Crippen molar-refractivity contribution >= 4 is 5.69 Å². The molecule has 0 spiro atoms. The third-order valence-corrected chi connectivity index (χ3v) is 2.92. The van der Waals surface area contributed by atoms with Gasteiger partial charge in [-0.3, -0.25) is 0 Å². The van der Waals surface area contributed by atoms with Gasteiger partial charge in [0.25, 0.3) is 0 Å². The molecular weight excluding hydrogens is 217 g/mol. The first-order chi connectivity index (χ1) is 7.84. The van der Waals surface area contributed by atoms with Crippen LogP contribution in [0.2, 0.25) is 0 Å². The zero-order valence-corrected chi connectivity index (χ0v) is 11.3. The zero-order chi connectivity index (χ0) is 13.1. The van der Waals surface area contributed by atoms with Crippen LogP contribution in [0.3, 0.4) is 0 Å². The van der Waals surface area contributed by atoms with Crippen molar-refractivity contribution in [2.24, 2.45) is 0 Å². The van der Waals surface area contributed by atoms with Crippen LogP contribution in [-0.4, -0.2) is 18.8 Å². The molecule has 3 heteroatoms. The van der Waals surface area contributed by atoms with Crippen LogP contribution in [0.15, 0.2) is 18.2 Å². The van der Waals surface area contributed by atoms with E-state index in [0.29, 0.717) is 5.56 Å². The molecule has 1 N–H and O–H groups in total. The van der Waals surface area contributed by atoms with Crippen LogP contribution in [0.25, 0.3) is 0 Å². The van der Waals surface area contributed by atoms with Crippen LogP contribution in [0.1, 0.15) is 32.8 Å². The van der Waals surface area contributed by atoms with Gasteiger partial charge in [0.15, 0.2) is 0 Å². The first kappa shape index (κ1) is 14.0. The standard InChI is InChI=1S/C14H22FNO/c1-10-8-12(6-7-13(10)15)16-11(2)9-14(3,4)17-5/h6-8,11,16H,9H2,1-5H3. The van der Waals surface area contributed by atoms with Gasteiger partial charge in [-0.05, 0) is 57.9 Å². The van der Waals surface area contributed by atoms with Crippen molar-refractivity contribution in [3.05, 3.63) is 29.6 Å². The second kappa shape index (κ2) is 5.50. The summed E-state index contributed by atoms with van der Waals surface area (Å²) in [6.07, 6.45) is 0.889. The maximum absolute atomic E-state index is 13.1. The second-order valence-corrected chi connectivity index (χ2v) is 5.18. The molecule has 0 heterocycles. The van der Waals surface area contributed by atoms with E-state index in [1.165, 1.54) is 6.07 Å². The Balaban J connectivity index is 2.62. The first-order valence-corrected chi connectivity index (χ1v) is 5.92. The number of anilines is 1. The Bertz CT molecular complexity index is 376. The van der Waals surface area contributed by atoms with E-state index in [4.69, 9.17) is 4.74 Å². The lowest BCUT2D eigenvalue weighted by Crippen LogP contribution is -2.31. The number of nitrogens with one attached hydrogen (secondary N) is 1. The van der Waals surface area contributed by atoms with E-state index >= 15 is 0 Å². The summed E-state index contributed by atoms with van der Waals surface area (Å²) < 4.78 is 18.5. The largest absolute Gasteiger partial charge is 0.382 e.